The van der Waals surface area contributed by atoms with E-state index in [2.05, 4.69) is 21.9 Å². The first kappa shape index (κ1) is 15.4. The van der Waals surface area contributed by atoms with E-state index in [-0.39, 0.29) is 0 Å². The van der Waals surface area contributed by atoms with Crippen molar-refractivity contribution in [1.82, 2.24) is 19.8 Å². The predicted octanol–water partition coefficient (Wildman–Crippen LogP) is 2.41. The van der Waals surface area contributed by atoms with Gasteiger partial charge in [0.25, 0.3) is 0 Å². The molecule has 0 radical (unpaired) electrons. The summed E-state index contributed by atoms with van der Waals surface area (Å²) in [6, 6.07) is 12.9. The fraction of sp³-hybridized carbons (Fsp3) is 0.389. The van der Waals surface area contributed by atoms with E-state index in [9.17, 15) is 0 Å². The van der Waals surface area contributed by atoms with Crippen LogP contribution in [-0.2, 0) is 13.1 Å². The molecule has 0 saturated heterocycles. The topological polar surface area (TPSA) is 40.1 Å². The number of quaternary nitrogens is 1. The lowest BCUT2D eigenvalue weighted by atomic mass is 9.96. The van der Waals surface area contributed by atoms with Crippen molar-refractivity contribution in [2.45, 2.75) is 32.0 Å². The van der Waals surface area contributed by atoms with Gasteiger partial charge in [0.05, 0.1) is 12.2 Å². The van der Waals surface area contributed by atoms with Crippen molar-refractivity contribution in [3.8, 4) is 5.69 Å². The van der Waals surface area contributed by atoms with Crippen LogP contribution in [-0.4, -0.2) is 26.3 Å². The van der Waals surface area contributed by atoms with Crippen LogP contribution in [0.1, 0.15) is 29.3 Å². The maximum Gasteiger partial charge on any atom is 0.225 e. The van der Waals surface area contributed by atoms with Gasteiger partial charge in [-0.25, -0.2) is 0 Å². The lowest BCUT2D eigenvalue weighted by Crippen LogP contribution is -3.13. The number of para-hydroxylation sites is 1. The van der Waals surface area contributed by atoms with E-state index >= 15 is 0 Å². The second-order valence-electron chi connectivity index (χ2n) is 6.94. The summed E-state index contributed by atoms with van der Waals surface area (Å²) in [4.78, 5) is 3.15. The second-order valence-corrected chi connectivity index (χ2v) is 8.30. The van der Waals surface area contributed by atoms with Crippen LogP contribution in [0.5, 0.6) is 0 Å². The normalized spacial score (nSPS) is 22.7. The summed E-state index contributed by atoms with van der Waals surface area (Å²) >= 11 is 7.56. The molecule has 1 fully saturated rings. The molecule has 3 aromatic rings. The van der Waals surface area contributed by atoms with Crippen LogP contribution in [0.3, 0.4) is 0 Å². The zero-order chi connectivity index (χ0) is 16.8. The third-order valence-corrected chi connectivity index (χ3v) is 6.69. The van der Waals surface area contributed by atoms with Crippen LogP contribution >= 0.6 is 23.6 Å². The van der Waals surface area contributed by atoms with Gasteiger partial charge in [0.1, 0.15) is 6.04 Å². The van der Waals surface area contributed by atoms with Crippen LogP contribution in [0.25, 0.3) is 5.69 Å². The number of hydrogen-bond acceptors (Lipinski definition) is 4. The number of thiophene rings is 1. The summed E-state index contributed by atoms with van der Waals surface area (Å²) in [5, 5.41) is 10.9. The molecule has 1 saturated carbocycles. The minimum absolute atomic E-state index is 0.596. The zero-order valence-corrected chi connectivity index (χ0v) is 15.5. The zero-order valence-electron chi connectivity index (χ0n) is 13.8. The smallest absolute Gasteiger partial charge is 0.225 e. The molecule has 2 aliphatic rings. The highest BCUT2D eigenvalue weighted by Crippen LogP contribution is 2.42. The van der Waals surface area contributed by atoms with E-state index in [0.29, 0.717) is 10.8 Å². The number of tetrazole rings is 1. The van der Waals surface area contributed by atoms with Gasteiger partial charge in [0.15, 0.2) is 6.67 Å². The highest BCUT2D eigenvalue weighted by atomic mass is 32.1. The number of nitrogens with zero attached hydrogens (tertiary/aromatic N) is 4. The van der Waals surface area contributed by atoms with Gasteiger partial charge in [-0.15, -0.1) is 11.3 Å². The summed E-state index contributed by atoms with van der Waals surface area (Å²) in [5.74, 6) is 0.821. The van der Waals surface area contributed by atoms with Crippen LogP contribution in [0.4, 0.5) is 0 Å². The van der Waals surface area contributed by atoms with Crippen LogP contribution in [0, 0.1) is 10.7 Å². The Labute approximate surface area is 155 Å². The number of nitrogens with one attached hydrogen (secondary N) is 1. The summed E-state index contributed by atoms with van der Waals surface area (Å²) in [6.07, 6.45) is 3.86. The maximum atomic E-state index is 5.65. The van der Waals surface area contributed by atoms with Crippen LogP contribution < -0.4 is 4.90 Å². The molecule has 1 aliphatic carbocycles. The SMILES string of the molecule is S=c1n(C[NH+]2CCc3sccc3[C@H]2C2CC2)nnn1-c1ccccc1. The number of rotatable bonds is 4. The molecule has 128 valence electrons. The van der Waals surface area contributed by atoms with Crippen molar-refractivity contribution >= 4 is 23.6 Å². The Bertz CT molecular complexity index is 938. The van der Waals surface area contributed by atoms with Gasteiger partial charge in [-0.2, -0.15) is 9.36 Å². The first-order valence-electron chi connectivity index (χ1n) is 8.80. The number of benzene rings is 1. The molecule has 25 heavy (non-hydrogen) atoms. The molecule has 0 spiro atoms. The second kappa shape index (κ2) is 6.16. The van der Waals surface area contributed by atoms with Crippen molar-refractivity contribution in [2.75, 3.05) is 6.54 Å². The molecular weight excluding hydrogens is 350 g/mol. The summed E-state index contributed by atoms with van der Waals surface area (Å²) in [5.41, 5.74) is 2.53. The molecule has 1 N–H and O–H groups in total. The summed E-state index contributed by atoms with van der Waals surface area (Å²) in [7, 11) is 0. The predicted molar refractivity (Wildman–Crippen MR) is 99.5 cm³/mol. The molecule has 5 nitrogen and oxygen atoms in total. The highest BCUT2D eigenvalue weighted by Gasteiger charge is 2.43. The van der Waals surface area contributed by atoms with Crippen molar-refractivity contribution in [2.24, 2.45) is 5.92 Å². The van der Waals surface area contributed by atoms with Crippen molar-refractivity contribution in [3.63, 3.8) is 0 Å². The lowest BCUT2D eigenvalue weighted by Gasteiger charge is -2.32. The average Bonchev–Trinajstić information content (AvgIpc) is 3.25. The van der Waals surface area contributed by atoms with E-state index in [1.54, 1.807) is 20.0 Å². The van der Waals surface area contributed by atoms with Gasteiger partial charge in [0.2, 0.25) is 4.77 Å². The largest absolute Gasteiger partial charge is 0.309 e. The molecule has 7 heteroatoms. The molecule has 0 amide bonds. The molecule has 5 rings (SSSR count). The van der Waals surface area contributed by atoms with Crippen molar-refractivity contribution in [3.05, 3.63) is 57.0 Å². The fourth-order valence-electron chi connectivity index (χ4n) is 3.97. The first-order chi connectivity index (χ1) is 12.3. The first-order valence-corrected chi connectivity index (χ1v) is 10.1. The minimum atomic E-state index is 0.596. The Morgan fingerprint density at radius 3 is 2.80 bits per heavy atom. The fourth-order valence-corrected chi connectivity index (χ4v) is 5.14. The molecule has 2 aromatic heterocycles. The highest BCUT2D eigenvalue weighted by molar-refractivity contribution is 7.71. The Balaban J connectivity index is 1.44. The molecule has 2 atom stereocenters. The number of aromatic nitrogens is 4. The molecule has 1 aromatic carbocycles. The van der Waals surface area contributed by atoms with E-state index in [4.69, 9.17) is 12.2 Å². The van der Waals surface area contributed by atoms with Crippen molar-refractivity contribution in [1.29, 1.82) is 0 Å². The number of fused-ring (bicyclic) bond motifs is 1. The maximum absolute atomic E-state index is 5.65. The minimum Gasteiger partial charge on any atom is -0.309 e. The monoisotopic (exact) mass is 370 g/mol. The van der Waals surface area contributed by atoms with Gasteiger partial charge in [-0.3, -0.25) is 0 Å². The van der Waals surface area contributed by atoms with Gasteiger partial charge in [0, 0.05) is 22.8 Å². The molecule has 1 unspecified atom stereocenters. The standard InChI is InChI=1S/C18H19N5S2/c24-18-22(19-20-23(18)14-4-2-1-3-5-14)12-21-10-8-16-15(9-11-25-16)17(21)13-6-7-13/h1-5,9,11,13,17H,6-8,10,12H2/p+1/t17-/m1/s1. The molecular formula is C18H20N5S2+. The third-order valence-electron chi connectivity index (χ3n) is 5.31. The van der Waals surface area contributed by atoms with Gasteiger partial charge in [-0.05, 0) is 59.1 Å². The van der Waals surface area contributed by atoms with E-state index in [0.717, 1.165) is 31.2 Å². The average molecular weight is 371 g/mol. The quantitative estimate of drug-likeness (QED) is 0.717. The summed E-state index contributed by atoms with van der Waals surface area (Å²) in [6.45, 7) is 1.94. The van der Waals surface area contributed by atoms with Crippen LogP contribution in [0.15, 0.2) is 41.8 Å². The van der Waals surface area contributed by atoms with Gasteiger partial charge >= 0.3 is 0 Å². The molecule has 0 bridgehead atoms. The van der Waals surface area contributed by atoms with E-state index in [1.165, 1.54) is 12.8 Å². The Morgan fingerprint density at radius 1 is 1.16 bits per heavy atom. The molecule has 3 heterocycles. The Morgan fingerprint density at radius 2 is 2.00 bits per heavy atom. The third kappa shape index (κ3) is 2.76. The Kier molecular flexibility index (Phi) is 3.80. The van der Waals surface area contributed by atoms with Gasteiger partial charge in [-0.1, -0.05) is 18.2 Å². The van der Waals surface area contributed by atoms with Crippen LogP contribution in [0.2, 0.25) is 0 Å². The van der Waals surface area contributed by atoms with E-state index in [1.807, 2.05) is 46.4 Å². The summed E-state index contributed by atoms with van der Waals surface area (Å²) < 4.78 is 4.31. The molecule has 1 aliphatic heterocycles. The lowest BCUT2D eigenvalue weighted by molar-refractivity contribution is -0.958. The van der Waals surface area contributed by atoms with Crippen molar-refractivity contribution < 1.29 is 4.90 Å². The Hall–Kier alpha value is -1.83. The van der Waals surface area contributed by atoms with E-state index < -0.39 is 0 Å². The van der Waals surface area contributed by atoms with Gasteiger partial charge < -0.3 is 4.90 Å². The number of hydrogen-bond donors (Lipinski definition) is 1.